The fourth-order valence-corrected chi connectivity index (χ4v) is 3.15. The second-order valence-corrected chi connectivity index (χ2v) is 6.46. The highest BCUT2D eigenvalue weighted by molar-refractivity contribution is 7.90. The van der Waals surface area contributed by atoms with Gasteiger partial charge in [0.05, 0.1) is 4.90 Å². The van der Waals surface area contributed by atoms with Crippen LogP contribution in [0.3, 0.4) is 0 Å². The van der Waals surface area contributed by atoms with Gasteiger partial charge in [-0.05, 0) is 25.1 Å². The highest BCUT2D eigenvalue weighted by Crippen LogP contribution is 2.19. The van der Waals surface area contributed by atoms with Gasteiger partial charge in [-0.15, -0.1) is 0 Å². The number of aromatic nitrogens is 3. The van der Waals surface area contributed by atoms with Crippen LogP contribution in [0.25, 0.3) is 11.2 Å². The lowest BCUT2D eigenvalue weighted by molar-refractivity contribution is 0.194. The minimum atomic E-state index is -3.62. The average molecular weight is 349 g/mol. The maximum Gasteiger partial charge on any atom is 0.418 e. The van der Waals surface area contributed by atoms with Crippen LogP contribution in [-0.4, -0.2) is 33.6 Å². The minimum Gasteiger partial charge on any atom is -0.464 e. The van der Waals surface area contributed by atoms with Crippen LogP contribution in [0.5, 0.6) is 0 Å². The summed E-state index contributed by atoms with van der Waals surface area (Å²) in [5.41, 5.74) is 3.34. The molecule has 3 rings (SSSR count). The monoisotopic (exact) mass is 349 g/mol. The van der Waals surface area contributed by atoms with E-state index in [9.17, 15) is 8.42 Å². The molecule has 126 valence electrons. The summed E-state index contributed by atoms with van der Waals surface area (Å²) in [7, 11) is -3.62. The van der Waals surface area contributed by atoms with Crippen LogP contribution in [0.4, 0.5) is 4.79 Å². The first-order valence-corrected chi connectivity index (χ1v) is 8.10. The van der Waals surface area contributed by atoms with E-state index in [1.807, 2.05) is 6.92 Å². The van der Waals surface area contributed by atoms with E-state index in [0.717, 1.165) is 9.54 Å². The van der Waals surface area contributed by atoms with Crippen molar-refractivity contribution in [2.45, 2.75) is 11.8 Å². The first-order valence-electron chi connectivity index (χ1n) is 6.66. The Labute approximate surface area is 137 Å². The Morgan fingerprint density at radius 3 is 2.33 bits per heavy atom. The van der Waals surface area contributed by atoms with E-state index >= 15 is 0 Å². The van der Waals surface area contributed by atoms with Crippen LogP contribution in [-0.2, 0) is 10.0 Å². The number of hydrogen-bond acceptors (Lipinski definition) is 6. The quantitative estimate of drug-likeness (QED) is 0.357. The van der Waals surface area contributed by atoms with Crippen molar-refractivity contribution < 1.29 is 18.3 Å². The molecule has 2 heterocycles. The van der Waals surface area contributed by atoms with Gasteiger partial charge in [-0.1, -0.05) is 17.7 Å². The standard InChI is InChI=1S/C13H11N3O2S.CH4N2O2/c1-10-2-4-11(5-3-10)19(17,18)16-9-6-12-13(16)15-8-7-14-12;2-3-1(4)5/h2-9H,1H3;3H,2H2,(H,4,5). The number of carboxylic acid groups (broad SMARTS) is 1. The van der Waals surface area contributed by atoms with Gasteiger partial charge in [0.2, 0.25) is 0 Å². The first kappa shape index (κ1) is 17.4. The summed E-state index contributed by atoms with van der Waals surface area (Å²) in [6, 6.07) is 8.35. The summed E-state index contributed by atoms with van der Waals surface area (Å²) in [5, 5.41) is 7.49. The number of benzene rings is 1. The third-order valence-electron chi connectivity index (χ3n) is 2.98. The lowest BCUT2D eigenvalue weighted by atomic mass is 10.2. The fourth-order valence-electron chi connectivity index (χ4n) is 1.86. The molecule has 0 saturated carbocycles. The van der Waals surface area contributed by atoms with E-state index < -0.39 is 16.1 Å². The van der Waals surface area contributed by atoms with Crippen molar-refractivity contribution in [3.8, 4) is 0 Å². The molecule has 0 saturated heterocycles. The van der Waals surface area contributed by atoms with E-state index in [1.54, 1.807) is 30.3 Å². The van der Waals surface area contributed by atoms with Crippen molar-refractivity contribution >= 4 is 27.3 Å². The zero-order valence-electron chi connectivity index (χ0n) is 12.6. The van der Waals surface area contributed by atoms with Crippen LogP contribution in [0.2, 0.25) is 0 Å². The van der Waals surface area contributed by atoms with Gasteiger partial charge in [-0.25, -0.2) is 28.0 Å². The number of nitrogens with two attached hydrogens (primary N) is 1. The SMILES string of the molecule is Cc1ccc(S(=O)(=O)n2ccc3nccnc32)cc1.NNC(=O)O. The van der Waals surface area contributed by atoms with Crippen molar-refractivity contribution in [3.05, 3.63) is 54.5 Å². The van der Waals surface area contributed by atoms with Crippen molar-refractivity contribution in [2.24, 2.45) is 5.84 Å². The lowest BCUT2D eigenvalue weighted by Gasteiger charge is -2.06. The molecular formula is C14H15N5O4S. The Hall–Kier alpha value is -2.98. The Bertz CT molecular complexity index is 951. The average Bonchev–Trinajstić information content (AvgIpc) is 3.00. The Balaban J connectivity index is 0.000000368. The summed E-state index contributed by atoms with van der Waals surface area (Å²) in [5.74, 6) is 4.32. The van der Waals surface area contributed by atoms with Gasteiger partial charge in [0.15, 0.2) is 5.65 Å². The molecule has 9 nitrogen and oxygen atoms in total. The van der Waals surface area contributed by atoms with Gasteiger partial charge in [-0.2, -0.15) is 0 Å². The molecule has 4 N–H and O–H groups in total. The van der Waals surface area contributed by atoms with Crippen LogP contribution < -0.4 is 11.3 Å². The number of nitrogens with zero attached hydrogens (tertiary/aromatic N) is 3. The van der Waals surface area contributed by atoms with Gasteiger partial charge in [-0.3, -0.25) is 10.4 Å². The number of rotatable bonds is 2. The van der Waals surface area contributed by atoms with Crippen molar-refractivity contribution in [1.29, 1.82) is 0 Å². The van der Waals surface area contributed by atoms with Crippen LogP contribution in [0, 0.1) is 6.92 Å². The van der Waals surface area contributed by atoms with Crippen LogP contribution in [0.1, 0.15) is 5.56 Å². The Kier molecular flexibility index (Phi) is 5.11. The molecule has 1 amide bonds. The molecular weight excluding hydrogens is 334 g/mol. The smallest absolute Gasteiger partial charge is 0.418 e. The maximum absolute atomic E-state index is 12.5. The van der Waals surface area contributed by atoms with Crippen molar-refractivity contribution in [1.82, 2.24) is 19.4 Å². The van der Waals surface area contributed by atoms with Gasteiger partial charge in [0.1, 0.15) is 5.52 Å². The first-order chi connectivity index (χ1) is 11.4. The number of amides is 1. The third-order valence-corrected chi connectivity index (χ3v) is 4.66. The Morgan fingerprint density at radius 2 is 1.75 bits per heavy atom. The molecule has 2 aromatic heterocycles. The number of aryl methyl sites for hydroxylation is 1. The molecule has 0 unspecified atom stereocenters. The largest absolute Gasteiger partial charge is 0.464 e. The summed E-state index contributed by atoms with van der Waals surface area (Å²) in [6.45, 7) is 1.91. The van der Waals surface area contributed by atoms with Crippen molar-refractivity contribution in [3.63, 3.8) is 0 Å². The predicted molar refractivity (Wildman–Crippen MR) is 86.6 cm³/mol. The normalized spacial score (nSPS) is 10.8. The molecule has 10 heteroatoms. The molecule has 0 atom stereocenters. The van der Waals surface area contributed by atoms with Gasteiger partial charge in [0, 0.05) is 18.6 Å². The highest BCUT2D eigenvalue weighted by atomic mass is 32.2. The van der Waals surface area contributed by atoms with E-state index in [4.69, 9.17) is 9.90 Å². The highest BCUT2D eigenvalue weighted by Gasteiger charge is 2.19. The fraction of sp³-hybridized carbons (Fsp3) is 0.0714. The molecule has 0 aliphatic carbocycles. The number of carbonyl (C=O) groups is 1. The second kappa shape index (κ2) is 7.06. The van der Waals surface area contributed by atoms with E-state index in [2.05, 4.69) is 15.8 Å². The minimum absolute atomic E-state index is 0.237. The van der Waals surface area contributed by atoms with Gasteiger partial charge in [0.25, 0.3) is 10.0 Å². The molecule has 0 aliphatic heterocycles. The van der Waals surface area contributed by atoms with Crippen LogP contribution in [0.15, 0.2) is 53.8 Å². The number of fused-ring (bicyclic) bond motifs is 1. The van der Waals surface area contributed by atoms with Gasteiger partial charge < -0.3 is 5.11 Å². The molecule has 1 aromatic carbocycles. The summed E-state index contributed by atoms with van der Waals surface area (Å²) in [6.07, 6.45) is 3.26. The summed E-state index contributed by atoms with van der Waals surface area (Å²) < 4.78 is 26.2. The Morgan fingerprint density at radius 1 is 1.17 bits per heavy atom. The second-order valence-electron chi connectivity index (χ2n) is 4.64. The summed E-state index contributed by atoms with van der Waals surface area (Å²) >= 11 is 0. The van der Waals surface area contributed by atoms with Crippen LogP contribution >= 0.6 is 0 Å². The number of hydrazine groups is 1. The van der Waals surface area contributed by atoms with Crippen molar-refractivity contribution in [2.75, 3.05) is 0 Å². The molecule has 0 bridgehead atoms. The molecule has 24 heavy (non-hydrogen) atoms. The molecule has 0 radical (unpaired) electrons. The van der Waals surface area contributed by atoms with E-state index in [1.165, 1.54) is 24.0 Å². The number of hydrogen-bond donors (Lipinski definition) is 3. The lowest BCUT2D eigenvalue weighted by Crippen LogP contribution is -2.27. The summed E-state index contributed by atoms with van der Waals surface area (Å²) in [4.78, 5) is 17.5. The third kappa shape index (κ3) is 3.67. The maximum atomic E-state index is 12.5. The van der Waals surface area contributed by atoms with Gasteiger partial charge >= 0.3 is 6.09 Å². The molecule has 3 aromatic rings. The number of nitrogens with one attached hydrogen (secondary N) is 1. The molecule has 0 fully saturated rings. The molecule has 0 spiro atoms. The molecule has 0 aliphatic rings. The van der Waals surface area contributed by atoms with E-state index in [-0.39, 0.29) is 4.90 Å². The predicted octanol–water partition coefficient (Wildman–Crippen LogP) is 1.10. The van der Waals surface area contributed by atoms with E-state index in [0.29, 0.717) is 11.2 Å². The topological polar surface area (TPSA) is 140 Å². The zero-order chi connectivity index (χ0) is 17.7. The zero-order valence-corrected chi connectivity index (χ0v) is 13.4.